The molecule has 1 rings (SSSR count). The number of aromatic nitrogens is 1. The van der Waals surface area contributed by atoms with Crippen LogP contribution < -0.4 is 10.6 Å². The second-order valence-electron chi connectivity index (χ2n) is 4.80. The number of methoxy groups -OCH3 is 1. The number of anilines is 2. The van der Waals surface area contributed by atoms with Gasteiger partial charge in [-0.25, -0.2) is 9.78 Å². The quantitative estimate of drug-likeness (QED) is 0.766. The lowest BCUT2D eigenvalue weighted by molar-refractivity contribution is 0.0599. The van der Waals surface area contributed by atoms with Crippen LogP contribution in [0.5, 0.6) is 0 Å². The summed E-state index contributed by atoms with van der Waals surface area (Å²) in [7, 11) is 3.04. The molecule has 0 aliphatic carbocycles. The van der Waals surface area contributed by atoms with Gasteiger partial charge in [0, 0.05) is 13.6 Å². The van der Waals surface area contributed by atoms with Crippen LogP contribution in [0, 0.1) is 0 Å². The first-order chi connectivity index (χ1) is 8.24. The Hall–Kier alpha value is -1.82. The molecule has 1 aromatic rings. The number of hydrogen-bond acceptors (Lipinski definition) is 6. The summed E-state index contributed by atoms with van der Waals surface area (Å²) in [5, 5.41) is 9.78. The first kappa shape index (κ1) is 14.2. The Morgan fingerprint density at radius 1 is 1.61 bits per heavy atom. The van der Waals surface area contributed by atoms with E-state index in [0.717, 1.165) is 0 Å². The number of rotatable bonds is 4. The van der Waals surface area contributed by atoms with Gasteiger partial charge in [-0.15, -0.1) is 0 Å². The highest BCUT2D eigenvalue weighted by molar-refractivity contribution is 5.95. The van der Waals surface area contributed by atoms with Gasteiger partial charge in [-0.3, -0.25) is 0 Å². The number of nitrogens with two attached hydrogens (primary N) is 1. The third-order valence-electron chi connectivity index (χ3n) is 2.28. The fourth-order valence-electron chi connectivity index (χ4n) is 1.69. The predicted octanol–water partition coefficient (Wildman–Crippen LogP) is 0.657. The summed E-state index contributed by atoms with van der Waals surface area (Å²) < 4.78 is 4.69. The third kappa shape index (κ3) is 3.59. The van der Waals surface area contributed by atoms with E-state index in [1.807, 2.05) is 0 Å². The maximum Gasteiger partial charge on any atom is 0.341 e. The largest absolute Gasteiger partial charge is 0.465 e. The van der Waals surface area contributed by atoms with E-state index in [9.17, 15) is 9.90 Å². The molecule has 0 aliphatic rings. The second-order valence-corrected chi connectivity index (χ2v) is 4.80. The maximum absolute atomic E-state index is 11.6. The highest BCUT2D eigenvalue weighted by Crippen LogP contribution is 2.21. The summed E-state index contributed by atoms with van der Waals surface area (Å²) in [5.41, 5.74) is 5.38. The first-order valence-corrected chi connectivity index (χ1v) is 5.52. The van der Waals surface area contributed by atoms with Crippen LogP contribution in [0.15, 0.2) is 12.3 Å². The number of nitrogen functional groups attached to an aromatic ring is 1. The van der Waals surface area contributed by atoms with Gasteiger partial charge >= 0.3 is 5.97 Å². The fourth-order valence-corrected chi connectivity index (χ4v) is 1.69. The minimum absolute atomic E-state index is 0.282. The Morgan fingerprint density at radius 2 is 2.22 bits per heavy atom. The minimum Gasteiger partial charge on any atom is -0.465 e. The van der Waals surface area contributed by atoms with Gasteiger partial charge in [0.1, 0.15) is 11.4 Å². The van der Waals surface area contributed by atoms with Crippen molar-refractivity contribution in [2.75, 3.05) is 31.3 Å². The van der Waals surface area contributed by atoms with Crippen LogP contribution in [0.4, 0.5) is 11.5 Å². The summed E-state index contributed by atoms with van der Waals surface area (Å²) in [6, 6.07) is 1.51. The normalized spacial score (nSPS) is 11.2. The second kappa shape index (κ2) is 5.22. The SMILES string of the molecule is COC(=O)c1cc(N)cnc1N(C)CC(C)(C)O. The fraction of sp³-hybridized carbons (Fsp3) is 0.500. The summed E-state index contributed by atoms with van der Waals surface area (Å²) >= 11 is 0. The zero-order chi connectivity index (χ0) is 13.9. The van der Waals surface area contributed by atoms with E-state index in [1.54, 1.807) is 25.8 Å². The maximum atomic E-state index is 11.6. The molecule has 0 atom stereocenters. The number of nitrogens with zero attached hydrogens (tertiary/aromatic N) is 2. The van der Waals surface area contributed by atoms with Crippen LogP contribution >= 0.6 is 0 Å². The summed E-state index contributed by atoms with van der Waals surface area (Å²) in [6.07, 6.45) is 1.46. The topological polar surface area (TPSA) is 88.7 Å². The van der Waals surface area contributed by atoms with Gasteiger partial charge < -0.3 is 20.5 Å². The van der Waals surface area contributed by atoms with E-state index in [4.69, 9.17) is 5.73 Å². The van der Waals surface area contributed by atoms with Crippen molar-refractivity contribution in [3.63, 3.8) is 0 Å². The molecule has 0 saturated heterocycles. The third-order valence-corrected chi connectivity index (χ3v) is 2.28. The highest BCUT2D eigenvalue weighted by Gasteiger charge is 2.21. The van der Waals surface area contributed by atoms with E-state index >= 15 is 0 Å². The van der Waals surface area contributed by atoms with Crippen LogP contribution in [0.25, 0.3) is 0 Å². The Labute approximate surface area is 106 Å². The Morgan fingerprint density at radius 3 is 2.72 bits per heavy atom. The van der Waals surface area contributed by atoms with Crippen LogP contribution in [-0.4, -0.2) is 42.4 Å². The summed E-state index contributed by atoms with van der Waals surface area (Å²) in [4.78, 5) is 17.5. The number of esters is 1. The molecule has 0 fully saturated rings. The van der Waals surface area contributed by atoms with Crippen molar-refractivity contribution in [1.82, 2.24) is 4.98 Å². The van der Waals surface area contributed by atoms with Gasteiger partial charge in [0.15, 0.2) is 0 Å². The van der Waals surface area contributed by atoms with E-state index < -0.39 is 11.6 Å². The zero-order valence-corrected chi connectivity index (χ0v) is 11.1. The number of aliphatic hydroxyl groups is 1. The molecule has 3 N–H and O–H groups in total. The molecule has 6 nitrogen and oxygen atoms in total. The molecule has 0 aliphatic heterocycles. The predicted molar refractivity (Wildman–Crippen MR) is 69.6 cm³/mol. The lowest BCUT2D eigenvalue weighted by Gasteiger charge is -2.27. The average Bonchev–Trinajstić information content (AvgIpc) is 2.25. The van der Waals surface area contributed by atoms with Crippen molar-refractivity contribution in [2.45, 2.75) is 19.4 Å². The minimum atomic E-state index is -0.898. The van der Waals surface area contributed by atoms with Crippen LogP contribution in [0.1, 0.15) is 24.2 Å². The summed E-state index contributed by atoms with van der Waals surface area (Å²) in [5.74, 6) is -0.0782. The van der Waals surface area contributed by atoms with E-state index in [2.05, 4.69) is 9.72 Å². The molecule has 0 aromatic carbocycles. The average molecular weight is 253 g/mol. The molecule has 18 heavy (non-hydrogen) atoms. The van der Waals surface area contributed by atoms with Gasteiger partial charge in [-0.1, -0.05) is 0 Å². The summed E-state index contributed by atoms with van der Waals surface area (Å²) in [6.45, 7) is 3.69. The molecular weight excluding hydrogens is 234 g/mol. The van der Waals surface area contributed by atoms with Gasteiger partial charge in [0.2, 0.25) is 0 Å². The van der Waals surface area contributed by atoms with Crippen molar-refractivity contribution < 1.29 is 14.6 Å². The molecule has 100 valence electrons. The molecule has 0 saturated carbocycles. The molecule has 6 heteroatoms. The van der Waals surface area contributed by atoms with Crippen LogP contribution in [0.2, 0.25) is 0 Å². The molecule has 1 heterocycles. The van der Waals surface area contributed by atoms with E-state index in [1.165, 1.54) is 19.4 Å². The van der Waals surface area contributed by atoms with Gasteiger partial charge in [-0.05, 0) is 19.9 Å². The number of pyridine rings is 1. The number of likely N-dealkylation sites (N-methyl/N-ethyl adjacent to an activating group) is 1. The number of hydrogen-bond donors (Lipinski definition) is 2. The van der Waals surface area contributed by atoms with Crippen molar-refractivity contribution in [3.8, 4) is 0 Å². The zero-order valence-electron chi connectivity index (χ0n) is 11.1. The molecule has 0 amide bonds. The highest BCUT2D eigenvalue weighted by atomic mass is 16.5. The molecule has 0 unspecified atom stereocenters. The van der Waals surface area contributed by atoms with Gasteiger partial charge in [-0.2, -0.15) is 0 Å². The number of carbonyl (C=O) groups is 1. The van der Waals surface area contributed by atoms with Crippen molar-refractivity contribution >= 4 is 17.5 Å². The Balaban J connectivity index is 3.11. The Bertz CT molecular complexity index is 441. The van der Waals surface area contributed by atoms with Crippen molar-refractivity contribution in [2.24, 2.45) is 0 Å². The lowest BCUT2D eigenvalue weighted by Crippen LogP contribution is -2.37. The number of ether oxygens (including phenoxy) is 1. The van der Waals surface area contributed by atoms with E-state index in [-0.39, 0.29) is 5.56 Å². The molecular formula is C12H19N3O3. The number of carbonyl (C=O) groups excluding carboxylic acids is 1. The lowest BCUT2D eigenvalue weighted by atomic mass is 10.1. The standard InChI is InChI=1S/C12H19N3O3/c1-12(2,17)7-15(3)10-9(11(16)18-4)5-8(13)6-14-10/h5-6,17H,7,13H2,1-4H3. The van der Waals surface area contributed by atoms with Crippen molar-refractivity contribution in [1.29, 1.82) is 0 Å². The first-order valence-electron chi connectivity index (χ1n) is 5.52. The van der Waals surface area contributed by atoms with Gasteiger partial charge in [0.05, 0.1) is 24.6 Å². The van der Waals surface area contributed by atoms with Gasteiger partial charge in [0.25, 0.3) is 0 Å². The van der Waals surface area contributed by atoms with Crippen molar-refractivity contribution in [3.05, 3.63) is 17.8 Å². The smallest absolute Gasteiger partial charge is 0.341 e. The van der Waals surface area contributed by atoms with Crippen LogP contribution in [0.3, 0.4) is 0 Å². The van der Waals surface area contributed by atoms with E-state index in [0.29, 0.717) is 18.1 Å². The van der Waals surface area contributed by atoms with Crippen LogP contribution in [-0.2, 0) is 4.74 Å². The monoisotopic (exact) mass is 253 g/mol. The molecule has 1 aromatic heterocycles. The molecule has 0 radical (unpaired) electrons. The molecule has 0 bridgehead atoms. The molecule has 0 spiro atoms. The Kier molecular flexibility index (Phi) is 4.13.